The first kappa shape index (κ1) is 15.0. The smallest absolute Gasteiger partial charge is 0.263 e. The van der Waals surface area contributed by atoms with Gasteiger partial charge in [0.1, 0.15) is 10.7 Å². The molecule has 0 aliphatic rings. The lowest BCUT2D eigenvalue weighted by atomic mass is 10.4. The summed E-state index contributed by atoms with van der Waals surface area (Å²) in [5.41, 5.74) is 0.725. The van der Waals surface area contributed by atoms with Crippen LogP contribution in [0.15, 0.2) is 31.4 Å². The molecule has 0 saturated heterocycles. The molecule has 0 bridgehead atoms. The Morgan fingerprint density at radius 3 is 2.47 bits per heavy atom. The van der Waals surface area contributed by atoms with Crippen LogP contribution in [0.25, 0.3) is 0 Å². The van der Waals surface area contributed by atoms with Crippen LogP contribution in [0.3, 0.4) is 0 Å². The second-order valence-corrected chi connectivity index (χ2v) is 8.98. The number of nitrogens with one attached hydrogen (secondary N) is 1. The summed E-state index contributed by atoms with van der Waals surface area (Å²) in [4.78, 5) is 5.17. The molecule has 2 heterocycles. The number of nitrogens with zero attached hydrogens (tertiary/aromatic N) is 1. The Labute approximate surface area is 132 Å². The summed E-state index contributed by atoms with van der Waals surface area (Å²) in [6.45, 7) is 3.57. The topological polar surface area (TPSA) is 59.1 Å². The van der Waals surface area contributed by atoms with Crippen LogP contribution in [0, 0.1) is 13.8 Å². The summed E-state index contributed by atoms with van der Waals surface area (Å²) < 4.78 is 28.6. The van der Waals surface area contributed by atoms with Gasteiger partial charge in [-0.05, 0) is 63.9 Å². The van der Waals surface area contributed by atoms with E-state index >= 15 is 0 Å². The third-order valence-electron chi connectivity index (χ3n) is 2.39. The van der Waals surface area contributed by atoms with Crippen LogP contribution in [-0.4, -0.2) is 13.4 Å². The maximum atomic E-state index is 12.3. The Balaban J connectivity index is 2.36. The number of hydrogen-bond acceptors (Lipinski definition) is 4. The molecule has 0 aromatic carbocycles. The number of thiophene rings is 1. The van der Waals surface area contributed by atoms with E-state index in [9.17, 15) is 8.42 Å². The predicted octanol–water partition coefficient (Wildman–Crippen LogP) is 4.09. The van der Waals surface area contributed by atoms with Crippen LogP contribution in [0.1, 0.15) is 10.6 Å². The highest BCUT2D eigenvalue weighted by atomic mass is 79.9. The zero-order chi connectivity index (χ0) is 14.2. The monoisotopic (exact) mass is 424 g/mol. The number of pyridine rings is 1. The molecule has 2 rings (SSSR count). The second kappa shape index (κ2) is 5.51. The fraction of sp³-hybridized carbons (Fsp3) is 0.182. The van der Waals surface area contributed by atoms with E-state index in [1.807, 2.05) is 0 Å². The normalized spacial score (nSPS) is 11.6. The van der Waals surface area contributed by atoms with Gasteiger partial charge in [-0.2, -0.15) is 0 Å². The predicted molar refractivity (Wildman–Crippen MR) is 84.2 cm³/mol. The molecular weight excluding hydrogens is 416 g/mol. The van der Waals surface area contributed by atoms with E-state index in [1.54, 1.807) is 32.0 Å². The molecule has 102 valence electrons. The number of aryl methyl sites for hydroxylation is 2. The van der Waals surface area contributed by atoms with Crippen molar-refractivity contribution in [2.45, 2.75) is 18.7 Å². The molecule has 2 aromatic heterocycles. The number of rotatable bonds is 3. The van der Waals surface area contributed by atoms with Crippen molar-refractivity contribution < 1.29 is 8.42 Å². The second-order valence-electron chi connectivity index (χ2n) is 3.84. The molecule has 1 N–H and O–H groups in total. The summed E-state index contributed by atoms with van der Waals surface area (Å²) >= 11 is 7.99. The van der Waals surface area contributed by atoms with E-state index in [0.29, 0.717) is 5.82 Å². The number of halogens is 2. The molecule has 0 atom stereocenters. The fourth-order valence-corrected chi connectivity index (χ4v) is 5.13. The molecule has 0 saturated carbocycles. The maximum absolute atomic E-state index is 12.3. The Morgan fingerprint density at radius 2 is 1.95 bits per heavy atom. The zero-order valence-electron chi connectivity index (χ0n) is 10.1. The van der Waals surface area contributed by atoms with Crippen LogP contribution in [0.2, 0.25) is 0 Å². The third-order valence-corrected chi connectivity index (χ3v) is 6.39. The van der Waals surface area contributed by atoms with E-state index in [2.05, 4.69) is 41.6 Å². The standard InChI is InChI=1S/C11H10Br2N2O2S2/c1-6-8(12)3-4-11(14-6)15-19(16,17)9-5-10(13)18-7(9)2/h3-5H,1-2H3,(H,14,15). The molecule has 0 aliphatic carbocycles. The Kier molecular flexibility index (Phi) is 4.34. The average Bonchev–Trinajstić information content (AvgIpc) is 2.63. The molecule has 19 heavy (non-hydrogen) atoms. The van der Waals surface area contributed by atoms with Crippen LogP contribution >= 0.6 is 43.2 Å². The van der Waals surface area contributed by atoms with Gasteiger partial charge in [0.2, 0.25) is 0 Å². The first-order chi connectivity index (χ1) is 8.79. The van der Waals surface area contributed by atoms with Gasteiger partial charge < -0.3 is 0 Å². The number of anilines is 1. The van der Waals surface area contributed by atoms with E-state index in [1.165, 1.54) is 11.3 Å². The van der Waals surface area contributed by atoms with Crippen molar-refractivity contribution in [3.8, 4) is 0 Å². The average molecular weight is 426 g/mol. The van der Waals surface area contributed by atoms with Crippen molar-refractivity contribution in [3.05, 3.63) is 37.0 Å². The molecule has 0 radical (unpaired) electrons. The van der Waals surface area contributed by atoms with E-state index in [0.717, 1.165) is 18.8 Å². The Bertz CT molecular complexity index is 726. The lowest BCUT2D eigenvalue weighted by Gasteiger charge is -2.08. The minimum atomic E-state index is -3.60. The van der Waals surface area contributed by atoms with Gasteiger partial charge in [-0.1, -0.05) is 0 Å². The van der Waals surface area contributed by atoms with Crippen molar-refractivity contribution in [2.75, 3.05) is 4.72 Å². The lowest BCUT2D eigenvalue weighted by molar-refractivity contribution is 0.601. The Hall–Kier alpha value is -0.440. The first-order valence-corrected chi connectivity index (χ1v) is 9.10. The van der Waals surface area contributed by atoms with Crippen LogP contribution < -0.4 is 4.72 Å². The summed E-state index contributed by atoms with van der Waals surface area (Å²) in [5.74, 6) is 0.308. The molecule has 0 fully saturated rings. The molecule has 0 amide bonds. The molecule has 4 nitrogen and oxygen atoms in total. The minimum Gasteiger partial charge on any atom is -0.263 e. The molecule has 8 heteroatoms. The molecule has 0 aliphatic heterocycles. The van der Waals surface area contributed by atoms with Gasteiger partial charge in [0, 0.05) is 9.35 Å². The van der Waals surface area contributed by atoms with Gasteiger partial charge in [-0.25, -0.2) is 13.4 Å². The van der Waals surface area contributed by atoms with Gasteiger partial charge >= 0.3 is 0 Å². The Morgan fingerprint density at radius 1 is 1.26 bits per heavy atom. The van der Waals surface area contributed by atoms with E-state index < -0.39 is 10.0 Å². The van der Waals surface area contributed by atoms with Crippen LogP contribution in [0.4, 0.5) is 5.82 Å². The van der Waals surface area contributed by atoms with Crippen LogP contribution in [-0.2, 0) is 10.0 Å². The summed E-state index contributed by atoms with van der Waals surface area (Å²) in [5, 5.41) is 0. The van der Waals surface area contributed by atoms with Gasteiger partial charge in [0.15, 0.2) is 0 Å². The highest BCUT2D eigenvalue weighted by Crippen LogP contribution is 2.30. The van der Waals surface area contributed by atoms with E-state index in [4.69, 9.17) is 0 Å². The minimum absolute atomic E-state index is 0.270. The van der Waals surface area contributed by atoms with E-state index in [-0.39, 0.29) is 4.90 Å². The SMILES string of the molecule is Cc1nc(NS(=O)(=O)c2cc(Br)sc2C)ccc1Br. The lowest BCUT2D eigenvalue weighted by Crippen LogP contribution is -2.14. The van der Waals surface area contributed by atoms with Crippen molar-refractivity contribution in [2.24, 2.45) is 0 Å². The van der Waals surface area contributed by atoms with Crippen molar-refractivity contribution >= 4 is 59.0 Å². The van der Waals surface area contributed by atoms with Gasteiger partial charge in [-0.15, -0.1) is 11.3 Å². The maximum Gasteiger partial charge on any atom is 0.264 e. The summed E-state index contributed by atoms with van der Waals surface area (Å²) in [6, 6.07) is 4.97. The number of sulfonamides is 1. The highest BCUT2D eigenvalue weighted by molar-refractivity contribution is 9.11. The molecule has 0 spiro atoms. The largest absolute Gasteiger partial charge is 0.264 e. The molecule has 0 unspecified atom stereocenters. The number of aromatic nitrogens is 1. The molecule has 2 aromatic rings. The number of hydrogen-bond donors (Lipinski definition) is 1. The zero-order valence-corrected chi connectivity index (χ0v) is 14.9. The van der Waals surface area contributed by atoms with Gasteiger partial charge in [-0.3, -0.25) is 4.72 Å². The summed E-state index contributed by atoms with van der Waals surface area (Å²) in [7, 11) is -3.60. The third kappa shape index (κ3) is 3.36. The first-order valence-electron chi connectivity index (χ1n) is 5.21. The van der Waals surface area contributed by atoms with Crippen molar-refractivity contribution in [3.63, 3.8) is 0 Å². The van der Waals surface area contributed by atoms with Crippen LogP contribution in [0.5, 0.6) is 0 Å². The van der Waals surface area contributed by atoms with Crippen molar-refractivity contribution in [1.82, 2.24) is 4.98 Å². The van der Waals surface area contributed by atoms with Gasteiger partial charge in [0.25, 0.3) is 10.0 Å². The van der Waals surface area contributed by atoms with Crippen molar-refractivity contribution in [1.29, 1.82) is 0 Å². The highest BCUT2D eigenvalue weighted by Gasteiger charge is 2.20. The van der Waals surface area contributed by atoms with Gasteiger partial charge in [0.05, 0.1) is 9.48 Å². The fourth-order valence-electron chi connectivity index (χ4n) is 1.49. The quantitative estimate of drug-likeness (QED) is 0.805. The summed E-state index contributed by atoms with van der Waals surface area (Å²) in [6.07, 6.45) is 0. The molecular formula is C11H10Br2N2O2S2.